The van der Waals surface area contributed by atoms with E-state index in [-0.39, 0.29) is 5.91 Å². The third-order valence-electron chi connectivity index (χ3n) is 3.87. The van der Waals surface area contributed by atoms with Gasteiger partial charge in [0, 0.05) is 39.8 Å². The molecule has 1 aromatic carbocycles. The van der Waals surface area contributed by atoms with Crippen LogP contribution in [0, 0.1) is 0 Å². The van der Waals surface area contributed by atoms with Crippen molar-refractivity contribution < 1.29 is 4.79 Å². The first-order chi connectivity index (χ1) is 11.6. The molecule has 5 heteroatoms. The number of nitrogens with one attached hydrogen (secondary N) is 2. The molecule has 1 amide bonds. The van der Waals surface area contributed by atoms with E-state index < -0.39 is 0 Å². The van der Waals surface area contributed by atoms with Crippen molar-refractivity contribution in [1.82, 2.24) is 15.5 Å². The Labute approximate surface area is 145 Å². The first-order valence-electron chi connectivity index (χ1n) is 8.46. The molecule has 0 saturated carbocycles. The highest BCUT2D eigenvalue weighted by Crippen LogP contribution is 2.05. The monoisotopic (exact) mass is 330 g/mol. The summed E-state index contributed by atoms with van der Waals surface area (Å²) in [6, 6.07) is 7.59. The first-order valence-corrected chi connectivity index (χ1v) is 8.46. The fourth-order valence-corrected chi connectivity index (χ4v) is 2.40. The quantitative estimate of drug-likeness (QED) is 0.317. The Hall–Kier alpha value is -2.30. The van der Waals surface area contributed by atoms with E-state index in [1.165, 1.54) is 12.8 Å². The molecular weight excluding hydrogens is 300 g/mol. The SMILES string of the molecule is C=CCCCCCN(C)C(=NC)NCc1ccc(C(=O)NC)cc1. The van der Waals surface area contributed by atoms with E-state index >= 15 is 0 Å². The molecule has 0 radical (unpaired) electrons. The summed E-state index contributed by atoms with van der Waals surface area (Å²) in [5.41, 5.74) is 1.78. The average molecular weight is 330 g/mol. The van der Waals surface area contributed by atoms with Gasteiger partial charge in [0.2, 0.25) is 0 Å². The third-order valence-corrected chi connectivity index (χ3v) is 3.87. The molecule has 0 saturated heterocycles. The maximum atomic E-state index is 11.5. The lowest BCUT2D eigenvalue weighted by Crippen LogP contribution is -2.39. The van der Waals surface area contributed by atoms with Crippen LogP contribution in [0.15, 0.2) is 41.9 Å². The van der Waals surface area contributed by atoms with Crippen molar-refractivity contribution in [1.29, 1.82) is 0 Å². The zero-order chi connectivity index (χ0) is 17.8. The van der Waals surface area contributed by atoms with Crippen molar-refractivity contribution in [3.05, 3.63) is 48.0 Å². The van der Waals surface area contributed by atoms with Crippen LogP contribution in [-0.2, 0) is 6.54 Å². The zero-order valence-electron chi connectivity index (χ0n) is 15.1. The topological polar surface area (TPSA) is 56.7 Å². The highest BCUT2D eigenvalue weighted by atomic mass is 16.1. The summed E-state index contributed by atoms with van der Waals surface area (Å²) in [6.07, 6.45) is 6.60. The molecular formula is C19H30N4O. The predicted molar refractivity (Wildman–Crippen MR) is 101 cm³/mol. The van der Waals surface area contributed by atoms with Gasteiger partial charge in [0.15, 0.2) is 5.96 Å². The van der Waals surface area contributed by atoms with Gasteiger partial charge in [-0.25, -0.2) is 0 Å². The van der Waals surface area contributed by atoms with Crippen molar-refractivity contribution in [2.45, 2.75) is 32.2 Å². The molecule has 0 unspecified atom stereocenters. The number of aliphatic imine (C=N–C) groups is 1. The Morgan fingerprint density at radius 2 is 1.96 bits per heavy atom. The van der Waals surface area contributed by atoms with Gasteiger partial charge in [-0.05, 0) is 37.0 Å². The Morgan fingerprint density at radius 3 is 2.54 bits per heavy atom. The number of unbranched alkanes of at least 4 members (excludes halogenated alkanes) is 3. The van der Waals surface area contributed by atoms with Gasteiger partial charge < -0.3 is 15.5 Å². The Balaban J connectivity index is 2.42. The molecule has 0 spiro atoms. The zero-order valence-corrected chi connectivity index (χ0v) is 15.1. The summed E-state index contributed by atoms with van der Waals surface area (Å²) < 4.78 is 0. The molecule has 1 rings (SSSR count). The highest BCUT2D eigenvalue weighted by molar-refractivity contribution is 5.93. The number of rotatable bonds is 9. The Bertz CT molecular complexity index is 537. The van der Waals surface area contributed by atoms with E-state index in [2.05, 4.69) is 34.2 Å². The van der Waals surface area contributed by atoms with Gasteiger partial charge in [-0.2, -0.15) is 0 Å². The van der Waals surface area contributed by atoms with Crippen LogP contribution in [0.3, 0.4) is 0 Å². The van der Waals surface area contributed by atoms with Gasteiger partial charge in [0.05, 0.1) is 0 Å². The number of carbonyl (C=O) groups excluding carboxylic acids is 1. The number of carbonyl (C=O) groups is 1. The number of guanidine groups is 1. The molecule has 0 aromatic heterocycles. The summed E-state index contributed by atoms with van der Waals surface area (Å²) in [7, 11) is 5.48. The molecule has 0 aliphatic heterocycles. The van der Waals surface area contributed by atoms with E-state index in [1.54, 1.807) is 14.1 Å². The molecule has 0 bridgehead atoms. The molecule has 0 fully saturated rings. The van der Waals surface area contributed by atoms with Crippen molar-refractivity contribution in [3.8, 4) is 0 Å². The van der Waals surface area contributed by atoms with Crippen molar-refractivity contribution in [3.63, 3.8) is 0 Å². The van der Waals surface area contributed by atoms with Gasteiger partial charge in [-0.3, -0.25) is 9.79 Å². The maximum Gasteiger partial charge on any atom is 0.251 e. The van der Waals surface area contributed by atoms with Gasteiger partial charge in [0.1, 0.15) is 0 Å². The lowest BCUT2D eigenvalue weighted by atomic mass is 10.1. The second-order valence-electron chi connectivity index (χ2n) is 5.74. The van der Waals surface area contributed by atoms with E-state index in [1.807, 2.05) is 30.3 Å². The van der Waals surface area contributed by atoms with Crippen LogP contribution in [0.1, 0.15) is 41.6 Å². The number of allylic oxidation sites excluding steroid dienone is 1. The molecule has 24 heavy (non-hydrogen) atoms. The maximum absolute atomic E-state index is 11.5. The largest absolute Gasteiger partial charge is 0.355 e. The average Bonchev–Trinajstić information content (AvgIpc) is 2.62. The van der Waals surface area contributed by atoms with Crippen LogP contribution in [0.25, 0.3) is 0 Å². The number of amides is 1. The Morgan fingerprint density at radius 1 is 1.25 bits per heavy atom. The van der Waals surface area contributed by atoms with Crippen molar-refractivity contribution in [2.24, 2.45) is 4.99 Å². The summed E-state index contributed by atoms with van der Waals surface area (Å²) in [6.45, 7) is 5.41. The van der Waals surface area contributed by atoms with Crippen molar-refractivity contribution >= 4 is 11.9 Å². The minimum absolute atomic E-state index is 0.0680. The van der Waals surface area contributed by atoms with Gasteiger partial charge >= 0.3 is 0 Å². The molecule has 5 nitrogen and oxygen atoms in total. The molecule has 132 valence electrons. The first kappa shape index (κ1) is 19.7. The number of benzene rings is 1. The van der Waals surface area contributed by atoms with Crippen LogP contribution in [-0.4, -0.2) is 44.5 Å². The van der Waals surface area contributed by atoms with Crippen LogP contribution in [0.5, 0.6) is 0 Å². The van der Waals surface area contributed by atoms with Crippen LogP contribution in [0.4, 0.5) is 0 Å². The lowest BCUT2D eigenvalue weighted by Gasteiger charge is -2.22. The second kappa shape index (κ2) is 11.3. The van der Waals surface area contributed by atoms with Gasteiger partial charge in [-0.15, -0.1) is 6.58 Å². The summed E-state index contributed by atoms with van der Waals surface area (Å²) in [4.78, 5) is 18.0. The fourth-order valence-electron chi connectivity index (χ4n) is 2.40. The summed E-state index contributed by atoms with van der Waals surface area (Å²) in [5, 5.41) is 5.98. The van der Waals surface area contributed by atoms with E-state index in [9.17, 15) is 4.79 Å². The number of hydrogen-bond donors (Lipinski definition) is 2. The van der Waals surface area contributed by atoms with Crippen molar-refractivity contribution in [2.75, 3.05) is 27.7 Å². The second-order valence-corrected chi connectivity index (χ2v) is 5.74. The lowest BCUT2D eigenvalue weighted by molar-refractivity contribution is 0.0963. The summed E-state index contributed by atoms with van der Waals surface area (Å²) >= 11 is 0. The number of hydrogen-bond acceptors (Lipinski definition) is 2. The summed E-state index contributed by atoms with van der Waals surface area (Å²) in [5.74, 6) is 0.815. The molecule has 0 atom stereocenters. The van der Waals surface area contributed by atoms with E-state index in [0.29, 0.717) is 12.1 Å². The smallest absolute Gasteiger partial charge is 0.251 e. The van der Waals surface area contributed by atoms with Crippen LogP contribution >= 0.6 is 0 Å². The van der Waals surface area contributed by atoms with Crippen LogP contribution < -0.4 is 10.6 Å². The van der Waals surface area contributed by atoms with Gasteiger partial charge in [0.25, 0.3) is 5.91 Å². The van der Waals surface area contributed by atoms with Crippen LogP contribution in [0.2, 0.25) is 0 Å². The highest BCUT2D eigenvalue weighted by Gasteiger charge is 2.06. The standard InChI is InChI=1S/C19H30N4O/c1-5-6-7-8-9-14-23(4)19(21-3)22-15-16-10-12-17(13-11-16)18(24)20-2/h5,10-13H,1,6-9,14-15H2,2-4H3,(H,20,24)(H,21,22). The molecule has 1 aromatic rings. The number of nitrogens with zero attached hydrogens (tertiary/aromatic N) is 2. The predicted octanol–water partition coefficient (Wildman–Crippen LogP) is 2.80. The Kier molecular flexibility index (Phi) is 9.27. The van der Waals surface area contributed by atoms with E-state index in [0.717, 1.165) is 30.9 Å². The third kappa shape index (κ3) is 6.86. The minimum atomic E-state index is -0.0680. The molecule has 0 heterocycles. The van der Waals surface area contributed by atoms with Gasteiger partial charge in [-0.1, -0.05) is 24.6 Å². The van der Waals surface area contributed by atoms with E-state index in [4.69, 9.17) is 0 Å². The fraction of sp³-hybridized carbons (Fsp3) is 0.474. The normalized spacial score (nSPS) is 11.0. The molecule has 0 aliphatic carbocycles. The molecule has 0 aliphatic rings. The minimum Gasteiger partial charge on any atom is -0.355 e. The molecule has 2 N–H and O–H groups in total.